The second-order valence-electron chi connectivity index (χ2n) is 7.25. The highest BCUT2D eigenvalue weighted by Crippen LogP contribution is 2.48. The van der Waals surface area contributed by atoms with Gasteiger partial charge in [0, 0.05) is 13.1 Å². The molecule has 1 heterocycles. The van der Waals surface area contributed by atoms with Gasteiger partial charge < -0.3 is 4.74 Å². The lowest BCUT2D eigenvalue weighted by molar-refractivity contribution is 0.0600. The fraction of sp³-hybridized carbons (Fsp3) is 0.579. The lowest BCUT2D eigenvalue weighted by Crippen LogP contribution is -2.25. The van der Waals surface area contributed by atoms with Crippen LogP contribution in [0.25, 0.3) is 0 Å². The third kappa shape index (κ3) is 3.11. The molecule has 2 unspecified atom stereocenters. The molecule has 0 amide bonds. The monoisotopic (exact) mass is 312 g/mol. The quantitative estimate of drug-likeness (QED) is 0.803. The summed E-state index contributed by atoms with van der Waals surface area (Å²) in [6.07, 6.45) is 5.26. The Labute approximate surface area is 138 Å². The van der Waals surface area contributed by atoms with E-state index in [0.29, 0.717) is 16.5 Å². The predicted octanol–water partition coefficient (Wildman–Crippen LogP) is 3.36. The summed E-state index contributed by atoms with van der Waals surface area (Å²) < 4.78 is 4.79. The minimum atomic E-state index is -0.439. The van der Waals surface area contributed by atoms with Crippen LogP contribution in [0.2, 0.25) is 0 Å². The number of hydrogen-bond donors (Lipinski definition) is 0. The molecule has 1 aromatic rings. The molecule has 1 saturated heterocycles. The molecular formula is C19H24N2O2. The van der Waals surface area contributed by atoms with Crippen LogP contribution in [0.15, 0.2) is 18.2 Å². The Hall–Kier alpha value is -1.86. The number of benzene rings is 1. The minimum absolute atomic E-state index is 0.371. The first-order valence-electron chi connectivity index (χ1n) is 8.39. The van der Waals surface area contributed by atoms with Gasteiger partial charge in [-0.05, 0) is 48.8 Å². The van der Waals surface area contributed by atoms with E-state index in [1.807, 2.05) is 12.1 Å². The van der Waals surface area contributed by atoms with Crippen LogP contribution in [0.4, 0.5) is 0 Å². The molecule has 3 rings (SSSR count). The Balaban J connectivity index is 1.77. The van der Waals surface area contributed by atoms with Crippen molar-refractivity contribution >= 4 is 5.97 Å². The Kier molecular flexibility index (Phi) is 4.41. The van der Waals surface area contributed by atoms with Crippen molar-refractivity contribution in [2.45, 2.75) is 39.2 Å². The van der Waals surface area contributed by atoms with Gasteiger partial charge in [-0.2, -0.15) is 5.26 Å². The molecule has 1 aromatic carbocycles. The van der Waals surface area contributed by atoms with Crippen molar-refractivity contribution < 1.29 is 9.53 Å². The van der Waals surface area contributed by atoms with Crippen LogP contribution in [0.5, 0.6) is 0 Å². The molecule has 0 radical (unpaired) electrons. The third-order valence-corrected chi connectivity index (χ3v) is 5.53. The molecule has 1 aliphatic heterocycles. The molecule has 2 fully saturated rings. The molecule has 1 spiro atoms. The number of nitriles is 1. The summed E-state index contributed by atoms with van der Waals surface area (Å²) in [5.41, 5.74) is 2.25. The van der Waals surface area contributed by atoms with Crippen molar-refractivity contribution in [3.63, 3.8) is 0 Å². The summed E-state index contributed by atoms with van der Waals surface area (Å²) in [5, 5.41) is 9.48. The molecule has 4 nitrogen and oxygen atoms in total. The lowest BCUT2D eigenvalue weighted by Gasteiger charge is -2.24. The van der Waals surface area contributed by atoms with Gasteiger partial charge in [0.25, 0.3) is 0 Å². The first-order valence-corrected chi connectivity index (χ1v) is 8.39. The Bertz CT molecular complexity index is 649. The van der Waals surface area contributed by atoms with E-state index in [1.165, 1.54) is 32.8 Å². The minimum Gasteiger partial charge on any atom is -0.465 e. The topological polar surface area (TPSA) is 53.3 Å². The molecule has 122 valence electrons. The van der Waals surface area contributed by atoms with E-state index in [0.717, 1.165) is 31.1 Å². The lowest BCUT2D eigenvalue weighted by atomic mass is 9.85. The number of ether oxygens (including phenoxy) is 1. The molecule has 2 atom stereocenters. The van der Waals surface area contributed by atoms with Gasteiger partial charge in [-0.1, -0.05) is 25.5 Å². The van der Waals surface area contributed by atoms with Gasteiger partial charge in [0.1, 0.15) is 6.07 Å². The summed E-state index contributed by atoms with van der Waals surface area (Å²) in [5.74, 6) is 0.401. The molecule has 1 aliphatic carbocycles. The molecule has 0 bridgehead atoms. The van der Waals surface area contributed by atoms with Gasteiger partial charge in [0.15, 0.2) is 0 Å². The number of rotatable bonds is 3. The van der Waals surface area contributed by atoms with Crippen molar-refractivity contribution in [1.29, 1.82) is 5.26 Å². The zero-order valence-electron chi connectivity index (χ0n) is 14.0. The number of methoxy groups -OCH3 is 1. The van der Waals surface area contributed by atoms with Gasteiger partial charge in [0.05, 0.1) is 18.2 Å². The average Bonchev–Trinajstić information content (AvgIpc) is 3.12. The number of carbonyl (C=O) groups is 1. The van der Waals surface area contributed by atoms with Crippen molar-refractivity contribution in [3.8, 4) is 6.07 Å². The summed E-state index contributed by atoms with van der Waals surface area (Å²) >= 11 is 0. The van der Waals surface area contributed by atoms with Crippen molar-refractivity contribution in [3.05, 3.63) is 34.9 Å². The fourth-order valence-electron chi connectivity index (χ4n) is 4.41. The number of carbonyl (C=O) groups excluding carboxylic acids is 1. The van der Waals surface area contributed by atoms with Crippen LogP contribution in [-0.4, -0.2) is 31.1 Å². The Morgan fingerprint density at radius 1 is 1.48 bits per heavy atom. The van der Waals surface area contributed by atoms with Crippen LogP contribution in [0, 0.1) is 22.7 Å². The maximum atomic E-state index is 11.8. The first kappa shape index (κ1) is 16.0. The SMILES string of the molecule is COC(=O)c1cccc(CN2CCC3(CCC(C)C3)C2)c1C#N. The van der Waals surface area contributed by atoms with E-state index >= 15 is 0 Å². The zero-order valence-corrected chi connectivity index (χ0v) is 14.0. The van der Waals surface area contributed by atoms with E-state index in [4.69, 9.17) is 4.74 Å². The number of likely N-dealkylation sites (tertiary alicyclic amines) is 1. The van der Waals surface area contributed by atoms with Crippen LogP contribution in [0.1, 0.15) is 54.1 Å². The van der Waals surface area contributed by atoms with Gasteiger partial charge in [0.2, 0.25) is 0 Å². The van der Waals surface area contributed by atoms with Gasteiger partial charge in [-0.15, -0.1) is 0 Å². The van der Waals surface area contributed by atoms with E-state index in [-0.39, 0.29) is 0 Å². The first-order chi connectivity index (χ1) is 11.1. The molecule has 0 aromatic heterocycles. The normalized spacial score (nSPS) is 27.3. The summed E-state index contributed by atoms with van der Waals surface area (Å²) in [7, 11) is 1.35. The second kappa shape index (κ2) is 6.33. The van der Waals surface area contributed by atoms with Crippen LogP contribution < -0.4 is 0 Å². The highest BCUT2D eigenvalue weighted by atomic mass is 16.5. The summed E-state index contributed by atoms with van der Waals surface area (Å²) in [6.45, 7) is 5.29. The summed E-state index contributed by atoms with van der Waals surface area (Å²) in [6, 6.07) is 7.65. The highest BCUT2D eigenvalue weighted by Gasteiger charge is 2.42. The largest absolute Gasteiger partial charge is 0.465 e. The maximum Gasteiger partial charge on any atom is 0.339 e. The van der Waals surface area contributed by atoms with Crippen LogP contribution >= 0.6 is 0 Å². The fourth-order valence-corrected chi connectivity index (χ4v) is 4.41. The average molecular weight is 312 g/mol. The van der Waals surface area contributed by atoms with Crippen molar-refractivity contribution in [2.75, 3.05) is 20.2 Å². The smallest absolute Gasteiger partial charge is 0.339 e. The Morgan fingerprint density at radius 2 is 2.30 bits per heavy atom. The standard InChI is InChI=1S/C19H24N2O2/c1-14-6-7-19(10-14)8-9-21(13-19)12-15-4-3-5-16(17(15)11-20)18(22)23-2/h3-5,14H,6-10,12-13H2,1-2H3. The Morgan fingerprint density at radius 3 is 2.96 bits per heavy atom. The van der Waals surface area contributed by atoms with Gasteiger partial charge in [-0.3, -0.25) is 4.90 Å². The number of nitrogens with zero attached hydrogens (tertiary/aromatic N) is 2. The summed E-state index contributed by atoms with van der Waals surface area (Å²) in [4.78, 5) is 14.3. The maximum absolute atomic E-state index is 11.8. The second-order valence-corrected chi connectivity index (χ2v) is 7.25. The molecule has 2 aliphatic rings. The van der Waals surface area contributed by atoms with E-state index in [1.54, 1.807) is 6.07 Å². The third-order valence-electron chi connectivity index (χ3n) is 5.53. The highest BCUT2D eigenvalue weighted by molar-refractivity contribution is 5.92. The van der Waals surface area contributed by atoms with Gasteiger partial charge in [-0.25, -0.2) is 4.79 Å². The van der Waals surface area contributed by atoms with E-state index in [9.17, 15) is 10.1 Å². The molecule has 4 heteroatoms. The van der Waals surface area contributed by atoms with E-state index in [2.05, 4.69) is 17.9 Å². The molecule has 0 N–H and O–H groups in total. The van der Waals surface area contributed by atoms with Crippen LogP contribution in [0.3, 0.4) is 0 Å². The van der Waals surface area contributed by atoms with E-state index < -0.39 is 5.97 Å². The predicted molar refractivity (Wildman–Crippen MR) is 87.8 cm³/mol. The van der Waals surface area contributed by atoms with Crippen molar-refractivity contribution in [1.82, 2.24) is 4.90 Å². The number of esters is 1. The van der Waals surface area contributed by atoms with Gasteiger partial charge >= 0.3 is 5.97 Å². The molecular weight excluding hydrogens is 288 g/mol. The molecule has 23 heavy (non-hydrogen) atoms. The zero-order chi connectivity index (χ0) is 16.4. The van der Waals surface area contributed by atoms with Crippen molar-refractivity contribution in [2.24, 2.45) is 11.3 Å². The number of hydrogen-bond acceptors (Lipinski definition) is 4. The molecule has 1 saturated carbocycles. The van der Waals surface area contributed by atoms with Crippen LogP contribution in [-0.2, 0) is 11.3 Å².